The molecule has 0 bridgehead atoms. The Bertz CT molecular complexity index is 626. The van der Waals surface area contributed by atoms with Gasteiger partial charge in [-0.25, -0.2) is 4.98 Å². The Morgan fingerprint density at radius 2 is 2.26 bits per heavy atom. The summed E-state index contributed by atoms with van der Waals surface area (Å²) in [6, 6.07) is 1.64. The van der Waals surface area contributed by atoms with Crippen LogP contribution in [0, 0.1) is 6.92 Å². The number of amides is 1. The quantitative estimate of drug-likeness (QED) is 0.871. The molecule has 1 N–H and O–H groups in total. The van der Waals surface area contributed by atoms with Crippen molar-refractivity contribution in [2.45, 2.75) is 13.5 Å². The summed E-state index contributed by atoms with van der Waals surface area (Å²) in [5, 5.41) is 7.10. The highest BCUT2D eigenvalue weighted by Gasteiger charge is 2.13. The predicted molar refractivity (Wildman–Crippen MR) is 76.1 cm³/mol. The van der Waals surface area contributed by atoms with Crippen LogP contribution in [0.5, 0.6) is 0 Å². The number of rotatable bonds is 3. The van der Waals surface area contributed by atoms with E-state index in [1.807, 2.05) is 14.0 Å². The van der Waals surface area contributed by atoms with Crippen molar-refractivity contribution in [3.05, 3.63) is 44.9 Å². The van der Waals surface area contributed by atoms with E-state index >= 15 is 0 Å². The minimum absolute atomic E-state index is 0.184. The first-order chi connectivity index (χ1) is 8.99. The Morgan fingerprint density at radius 3 is 2.89 bits per heavy atom. The van der Waals surface area contributed by atoms with Crippen LogP contribution in [0.25, 0.3) is 0 Å². The van der Waals surface area contributed by atoms with E-state index in [9.17, 15) is 4.79 Å². The van der Waals surface area contributed by atoms with Gasteiger partial charge in [0.1, 0.15) is 5.15 Å². The SMILES string of the molecule is Cc1c(CNC(=O)c2cc(Br)cnc2Cl)cnn1C. The van der Waals surface area contributed by atoms with Crippen molar-refractivity contribution in [3.8, 4) is 0 Å². The van der Waals surface area contributed by atoms with E-state index in [1.165, 1.54) is 0 Å². The van der Waals surface area contributed by atoms with Gasteiger partial charge in [0, 0.05) is 35.5 Å². The molecule has 5 nitrogen and oxygen atoms in total. The first-order valence-corrected chi connectivity index (χ1v) is 6.73. The van der Waals surface area contributed by atoms with Gasteiger partial charge in [-0.3, -0.25) is 9.48 Å². The summed E-state index contributed by atoms with van der Waals surface area (Å²) < 4.78 is 2.47. The van der Waals surface area contributed by atoms with E-state index in [0.717, 1.165) is 11.3 Å². The number of pyridine rings is 1. The highest BCUT2D eigenvalue weighted by Crippen LogP contribution is 2.18. The van der Waals surface area contributed by atoms with Crippen molar-refractivity contribution in [1.29, 1.82) is 0 Å². The maximum absolute atomic E-state index is 12.0. The van der Waals surface area contributed by atoms with Gasteiger partial charge >= 0.3 is 0 Å². The highest BCUT2D eigenvalue weighted by molar-refractivity contribution is 9.10. The summed E-state index contributed by atoms with van der Waals surface area (Å²) in [6.45, 7) is 2.35. The lowest BCUT2D eigenvalue weighted by Crippen LogP contribution is -2.23. The number of hydrogen-bond donors (Lipinski definition) is 1. The monoisotopic (exact) mass is 342 g/mol. The van der Waals surface area contributed by atoms with Gasteiger partial charge < -0.3 is 5.32 Å². The molecule has 2 heterocycles. The fourth-order valence-electron chi connectivity index (χ4n) is 1.57. The first kappa shape index (κ1) is 14.0. The van der Waals surface area contributed by atoms with Gasteiger partial charge in [-0.15, -0.1) is 0 Å². The molecule has 0 aliphatic heterocycles. The summed E-state index contributed by atoms with van der Waals surface area (Å²) in [5.74, 6) is -0.262. The Hall–Kier alpha value is -1.40. The molecule has 0 atom stereocenters. The lowest BCUT2D eigenvalue weighted by Gasteiger charge is -2.06. The number of nitrogens with zero attached hydrogens (tertiary/aromatic N) is 3. The maximum atomic E-state index is 12.0. The van der Waals surface area contributed by atoms with Crippen molar-refractivity contribution in [2.75, 3.05) is 0 Å². The third kappa shape index (κ3) is 3.13. The molecule has 2 aromatic heterocycles. The van der Waals surface area contributed by atoms with E-state index in [4.69, 9.17) is 11.6 Å². The van der Waals surface area contributed by atoms with Gasteiger partial charge in [-0.05, 0) is 28.9 Å². The summed E-state index contributed by atoms with van der Waals surface area (Å²) >= 11 is 9.16. The minimum atomic E-state index is -0.262. The fourth-order valence-corrected chi connectivity index (χ4v) is 2.09. The summed E-state index contributed by atoms with van der Waals surface area (Å²) in [4.78, 5) is 15.9. The molecule has 0 aromatic carbocycles. The van der Waals surface area contributed by atoms with Crippen LogP contribution < -0.4 is 5.32 Å². The van der Waals surface area contributed by atoms with E-state index in [-0.39, 0.29) is 11.1 Å². The average Bonchev–Trinajstić information content (AvgIpc) is 2.70. The van der Waals surface area contributed by atoms with Crippen LogP contribution in [-0.4, -0.2) is 20.7 Å². The smallest absolute Gasteiger partial charge is 0.254 e. The van der Waals surface area contributed by atoms with Gasteiger partial charge in [0.05, 0.1) is 11.8 Å². The third-order valence-electron chi connectivity index (χ3n) is 2.83. The Kier molecular flexibility index (Phi) is 4.21. The molecule has 0 aliphatic rings. The highest BCUT2D eigenvalue weighted by atomic mass is 79.9. The number of carbonyl (C=O) groups is 1. The second-order valence-corrected chi connectivity index (χ2v) is 5.33. The fraction of sp³-hybridized carbons (Fsp3) is 0.250. The van der Waals surface area contributed by atoms with Crippen LogP contribution in [0.1, 0.15) is 21.6 Å². The molecule has 0 saturated carbocycles. The average molecular weight is 344 g/mol. The number of carbonyl (C=O) groups excluding carboxylic acids is 1. The first-order valence-electron chi connectivity index (χ1n) is 5.55. The third-order valence-corrected chi connectivity index (χ3v) is 3.56. The summed E-state index contributed by atoms with van der Waals surface area (Å²) in [7, 11) is 1.86. The van der Waals surface area contributed by atoms with Crippen LogP contribution >= 0.6 is 27.5 Å². The van der Waals surface area contributed by atoms with Crippen LogP contribution in [0.4, 0.5) is 0 Å². The predicted octanol–water partition coefficient (Wildman–Crippen LogP) is 2.47. The minimum Gasteiger partial charge on any atom is -0.348 e. The second kappa shape index (κ2) is 5.71. The molecule has 2 rings (SSSR count). The molecule has 1 amide bonds. The lowest BCUT2D eigenvalue weighted by molar-refractivity contribution is 0.0950. The molecular formula is C12H12BrClN4O. The topological polar surface area (TPSA) is 59.8 Å². The van der Waals surface area contributed by atoms with Crippen LogP contribution in [-0.2, 0) is 13.6 Å². The Balaban J connectivity index is 2.09. The second-order valence-electron chi connectivity index (χ2n) is 4.05. The van der Waals surface area contributed by atoms with Crippen molar-refractivity contribution in [2.24, 2.45) is 7.05 Å². The molecule has 0 unspecified atom stereocenters. The number of nitrogens with one attached hydrogen (secondary N) is 1. The number of halogens is 2. The van der Waals surface area contributed by atoms with Crippen LogP contribution in [0.2, 0.25) is 5.15 Å². The van der Waals surface area contributed by atoms with E-state index in [0.29, 0.717) is 16.6 Å². The lowest BCUT2D eigenvalue weighted by atomic mass is 10.2. The molecule has 7 heteroatoms. The van der Waals surface area contributed by atoms with Crippen molar-refractivity contribution in [1.82, 2.24) is 20.1 Å². The van der Waals surface area contributed by atoms with Crippen LogP contribution in [0.3, 0.4) is 0 Å². The Labute approximate surface area is 124 Å². The number of aryl methyl sites for hydroxylation is 1. The van der Waals surface area contributed by atoms with Gasteiger partial charge in [0.25, 0.3) is 5.91 Å². The number of hydrogen-bond acceptors (Lipinski definition) is 3. The zero-order valence-electron chi connectivity index (χ0n) is 10.4. The zero-order chi connectivity index (χ0) is 14.0. The summed E-state index contributed by atoms with van der Waals surface area (Å²) in [5.41, 5.74) is 2.33. The van der Waals surface area contributed by atoms with Gasteiger partial charge in [-0.1, -0.05) is 11.6 Å². The Morgan fingerprint density at radius 1 is 1.53 bits per heavy atom. The summed E-state index contributed by atoms with van der Waals surface area (Å²) in [6.07, 6.45) is 3.28. The van der Waals surface area contributed by atoms with Gasteiger partial charge in [0.2, 0.25) is 0 Å². The normalized spacial score (nSPS) is 10.5. The molecule has 0 fully saturated rings. The standard InChI is InChI=1S/C12H12BrClN4O/c1-7-8(5-17-18(7)2)4-16-12(19)10-3-9(13)6-15-11(10)14/h3,5-6H,4H2,1-2H3,(H,16,19). The van der Waals surface area contributed by atoms with Crippen molar-refractivity contribution < 1.29 is 4.79 Å². The van der Waals surface area contributed by atoms with Crippen molar-refractivity contribution in [3.63, 3.8) is 0 Å². The van der Waals surface area contributed by atoms with E-state index in [1.54, 1.807) is 23.1 Å². The number of aromatic nitrogens is 3. The molecule has 2 aromatic rings. The molecule has 0 spiro atoms. The molecule has 19 heavy (non-hydrogen) atoms. The largest absolute Gasteiger partial charge is 0.348 e. The van der Waals surface area contributed by atoms with E-state index in [2.05, 4.69) is 31.3 Å². The maximum Gasteiger partial charge on any atom is 0.254 e. The van der Waals surface area contributed by atoms with E-state index < -0.39 is 0 Å². The van der Waals surface area contributed by atoms with Crippen molar-refractivity contribution >= 4 is 33.4 Å². The zero-order valence-corrected chi connectivity index (χ0v) is 12.8. The molecular weight excluding hydrogens is 332 g/mol. The molecule has 0 aliphatic carbocycles. The molecule has 100 valence electrons. The van der Waals surface area contributed by atoms with Crippen LogP contribution in [0.15, 0.2) is 22.9 Å². The van der Waals surface area contributed by atoms with Gasteiger partial charge in [0.15, 0.2) is 0 Å². The van der Waals surface area contributed by atoms with Gasteiger partial charge in [-0.2, -0.15) is 5.10 Å². The molecule has 0 saturated heterocycles. The molecule has 0 radical (unpaired) electrons.